The summed E-state index contributed by atoms with van der Waals surface area (Å²) in [6.45, 7) is 5.85. The fourth-order valence-corrected chi connectivity index (χ4v) is 2.62. The van der Waals surface area contributed by atoms with E-state index in [0.717, 1.165) is 18.5 Å². The van der Waals surface area contributed by atoms with Crippen LogP contribution in [0.25, 0.3) is 0 Å². The monoisotopic (exact) mass is 311 g/mol. The Labute approximate surface area is 129 Å². The Bertz CT molecular complexity index is 566. The van der Waals surface area contributed by atoms with Crippen LogP contribution in [-0.4, -0.2) is 16.3 Å². The number of hydrogen-bond acceptors (Lipinski definition) is 2. The first-order valence-electron chi connectivity index (χ1n) is 6.84. The molecule has 0 aliphatic carbocycles. The molecule has 2 rings (SSSR count). The summed E-state index contributed by atoms with van der Waals surface area (Å²) in [5.74, 6) is 0. The summed E-state index contributed by atoms with van der Waals surface area (Å²) in [5, 5.41) is 9.04. The molecule has 1 atom stereocenters. The minimum absolute atomic E-state index is 0.351. The largest absolute Gasteiger partial charge is 0.310 e. The first-order valence-corrected chi connectivity index (χ1v) is 7.59. The van der Waals surface area contributed by atoms with E-state index in [-0.39, 0.29) is 0 Å². The highest BCUT2D eigenvalue weighted by atomic mass is 35.5. The van der Waals surface area contributed by atoms with Crippen molar-refractivity contribution in [1.29, 1.82) is 0 Å². The SMILES string of the molecule is CCNC(CC)c1cnn(Cc2cccc(Cl)c2Cl)c1. The van der Waals surface area contributed by atoms with Crippen molar-refractivity contribution in [3.63, 3.8) is 0 Å². The quantitative estimate of drug-likeness (QED) is 0.862. The second-order valence-electron chi connectivity index (χ2n) is 4.70. The minimum atomic E-state index is 0.351. The van der Waals surface area contributed by atoms with Crippen LogP contribution >= 0.6 is 23.2 Å². The predicted octanol–water partition coefficient (Wildman–Crippen LogP) is 4.30. The highest BCUT2D eigenvalue weighted by molar-refractivity contribution is 6.42. The molecule has 0 aliphatic rings. The lowest BCUT2D eigenvalue weighted by molar-refractivity contribution is 0.536. The summed E-state index contributed by atoms with van der Waals surface area (Å²) in [6.07, 6.45) is 5.01. The Morgan fingerprint density at radius 2 is 2.10 bits per heavy atom. The standard InChI is InChI=1S/C15H19Cl2N3/c1-3-14(18-4-2)12-8-19-20(10-12)9-11-6-5-7-13(16)15(11)17/h5-8,10,14,18H,3-4,9H2,1-2H3. The van der Waals surface area contributed by atoms with Gasteiger partial charge in [-0.05, 0) is 24.6 Å². The van der Waals surface area contributed by atoms with Gasteiger partial charge in [0, 0.05) is 17.8 Å². The van der Waals surface area contributed by atoms with Crippen LogP contribution in [0.4, 0.5) is 0 Å². The molecule has 20 heavy (non-hydrogen) atoms. The maximum absolute atomic E-state index is 6.20. The van der Waals surface area contributed by atoms with E-state index < -0.39 is 0 Å². The number of nitrogens with zero attached hydrogens (tertiary/aromatic N) is 2. The van der Waals surface area contributed by atoms with Gasteiger partial charge in [0.15, 0.2) is 0 Å². The van der Waals surface area contributed by atoms with Crippen LogP contribution in [0, 0.1) is 0 Å². The smallest absolute Gasteiger partial charge is 0.0674 e. The molecule has 3 nitrogen and oxygen atoms in total. The Balaban J connectivity index is 2.15. The van der Waals surface area contributed by atoms with Crippen molar-refractivity contribution in [1.82, 2.24) is 15.1 Å². The molecule has 1 aromatic carbocycles. The van der Waals surface area contributed by atoms with Gasteiger partial charge < -0.3 is 5.32 Å². The van der Waals surface area contributed by atoms with E-state index in [9.17, 15) is 0 Å². The summed E-state index contributed by atoms with van der Waals surface area (Å²) < 4.78 is 1.90. The van der Waals surface area contributed by atoms with E-state index in [2.05, 4.69) is 30.5 Å². The van der Waals surface area contributed by atoms with Gasteiger partial charge in [-0.3, -0.25) is 4.68 Å². The number of aromatic nitrogens is 2. The molecule has 0 saturated heterocycles. The lowest BCUT2D eigenvalue weighted by Crippen LogP contribution is -2.19. The molecule has 0 fully saturated rings. The molecule has 0 saturated carbocycles. The van der Waals surface area contributed by atoms with Crippen molar-refractivity contribution in [3.05, 3.63) is 51.8 Å². The molecular formula is C15H19Cl2N3. The number of rotatable bonds is 6. The van der Waals surface area contributed by atoms with Crippen LogP contribution in [0.1, 0.15) is 37.4 Å². The fraction of sp³-hybridized carbons (Fsp3) is 0.400. The van der Waals surface area contributed by atoms with Crippen LogP contribution in [0.15, 0.2) is 30.6 Å². The Morgan fingerprint density at radius 1 is 1.30 bits per heavy atom. The van der Waals surface area contributed by atoms with Crippen LogP contribution < -0.4 is 5.32 Å². The van der Waals surface area contributed by atoms with Gasteiger partial charge in [0.1, 0.15) is 0 Å². The zero-order chi connectivity index (χ0) is 14.5. The topological polar surface area (TPSA) is 29.9 Å². The molecule has 1 aromatic heterocycles. The molecule has 1 unspecified atom stereocenters. The Kier molecular flexibility index (Phi) is 5.46. The molecule has 0 bridgehead atoms. The summed E-state index contributed by atoms with van der Waals surface area (Å²) in [5.41, 5.74) is 2.18. The van der Waals surface area contributed by atoms with Gasteiger partial charge in [-0.25, -0.2) is 0 Å². The average Bonchev–Trinajstić information content (AvgIpc) is 2.89. The van der Waals surface area contributed by atoms with Crippen LogP contribution in [0.5, 0.6) is 0 Å². The summed E-state index contributed by atoms with van der Waals surface area (Å²) in [4.78, 5) is 0. The molecule has 0 aliphatic heterocycles. The van der Waals surface area contributed by atoms with E-state index in [4.69, 9.17) is 23.2 Å². The number of hydrogen-bond donors (Lipinski definition) is 1. The van der Waals surface area contributed by atoms with Crippen molar-refractivity contribution >= 4 is 23.2 Å². The molecule has 1 N–H and O–H groups in total. The average molecular weight is 312 g/mol. The molecule has 1 heterocycles. The van der Waals surface area contributed by atoms with Crippen molar-refractivity contribution in [2.75, 3.05) is 6.54 Å². The molecule has 5 heteroatoms. The normalized spacial score (nSPS) is 12.6. The molecular weight excluding hydrogens is 293 g/mol. The van der Waals surface area contributed by atoms with Crippen LogP contribution in [0.2, 0.25) is 10.0 Å². The van der Waals surface area contributed by atoms with Crippen molar-refractivity contribution in [2.24, 2.45) is 0 Å². The third-order valence-electron chi connectivity index (χ3n) is 3.28. The lowest BCUT2D eigenvalue weighted by atomic mass is 10.1. The summed E-state index contributed by atoms with van der Waals surface area (Å²) in [7, 11) is 0. The van der Waals surface area contributed by atoms with Crippen molar-refractivity contribution in [2.45, 2.75) is 32.9 Å². The molecule has 0 radical (unpaired) electrons. The van der Waals surface area contributed by atoms with Gasteiger partial charge in [0.05, 0.1) is 22.8 Å². The zero-order valence-electron chi connectivity index (χ0n) is 11.7. The third kappa shape index (κ3) is 3.54. The zero-order valence-corrected chi connectivity index (χ0v) is 13.2. The van der Waals surface area contributed by atoms with E-state index in [1.165, 1.54) is 5.56 Å². The first kappa shape index (κ1) is 15.4. The van der Waals surface area contributed by atoms with E-state index in [1.807, 2.05) is 23.0 Å². The fourth-order valence-electron chi connectivity index (χ4n) is 2.24. The highest BCUT2D eigenvalue weighted by Gasteiger charge is 2.11. The molecule has 0 spiro atoms. The second-order valence-corrected chi connectivity index (χ2v) is 5.49. The Hall–Kier alpha value is -1.03. The van der Waals surface area contributed by atoms with Crippen LogP contribution in [0.3, 0.4) is 0 Å². The number of halogens is 2. The van der Waals surface area contributed by atoms with Crippen molar-refractivity contribution in [3.8, 4) is 0 Å². The van der Waals surface area contributed by atoms with Gasteiger partial charge in [-0.1, -0.05) is 49.2 Å². The number of benzene rings is 1. The van der Waals surface area contributed by atoms with Gasteiger partial charge in [-0.2, -0.15) is 5.10 Å². The Morgan fingerprint density at radius 3 is 2.80 bits per heavy atom. The highest BCUT2D eigenvalue weighted by Crippen LogP contribution is 2.26. The summed E-state index contributed by atoms with van der Waals surface area (Å²) >= 11 is 12.2. The van der Waals surface area contributed by atoms with Gasteiger partial charge in [-0.15, -0.1) is 0 Å². The maximum atomic E-state index is 6.20. The van der Waals surface area contributed by atoms with Gasteiger partial charge in [0.2, 0.25) is 0 Å². The van der Waals surface area contributed by atoms with E-state index in [1.54, 1.807) is 6.07 Å². The van der Waals surface area contributed by atoms with E-state index >= 15 is 0 Å². The predicted molar refractivity (Wildman–Crippen MR) is 84.5 cm³/mol. The summed E-state index contributed by atoms with van der Waals surface area (Å²) in [6, 6.07) is 6.02. The van der Waals surface area contributed by atoms with Gasteiger partial charge in [0.25, 0.3) is 0 Å². The molecule has 108 valence electrons. The second kappa shape index (κ2) is 7.11. The third-order valence-corrected chi connectivity index (χ3v) is 4.14. The number of nitrogens with one attached hydrogen (secondary N) is 1. The van der Waals surface area contributed by atoms with Crippen molar-refractivity contribution < 1.29 is 0 Å². The van der Waals surface area contributed by atoms with Gasteiger partial charge >= 0.3 is 0 Å². The minimum Gasteiger partial charge on any atom is -0.310 e. The van der Waals surface area contributed by atoms with E-state index in [0.29, 0.717) is 22.6 Å². The molecule has 0 amide bonds. The molecule has 2 aromatic rings. The van der Waals surface area contributed by atoms with Crippen LogP contribution in [-0.2, 0) is 6.54 Å². The maximum Gasteiger partial charge on any atom is 0.0674 e. The lowest BCUT2D eigenvalue weighted by Gasteiger charge is -2.13. The first-order chi connectivity index (χ1) is 9.65.